The van der Waals surface area contributed by atoms with Crippen LogP contribution < -0.4 is 32.6 Å². The maximum atomic E-state index is 12.8. The van der Waals surface area contributed by atoms with Crippen molar-refractivity contribution in [2.45, 2.75) is 38.3 Å². The number of nitrogens with two attached hydrogens (primary N) is 1. The number of amides is 3. The van der Waals surface area contributed by atoms with Crippen LogP contribution in [-0.4, -0.2) is 259 Å². The standard InChI is InChI=1S/C45H67N13O15.Ga/c46-45-53-41-40(43(68)54-45)51-33(26-50-41)25-49-32-5-3-31(4-6-32)42(67)52-34(44(69)70)7-8-35(59)47-9-1-19-71-21-23-73-24-22-72-20-2-10-48-36(60)27-55-11-13-56(28-37(61)62)15-17-58(30-39(65)66)18-16-57(14-12-55)29-38(63)64;/h3-6,26,34,49H,1-2,7-25,27-30H2,(H,47,59)(H,48,60)(H,52,67)(H,61,62)(H,63,64)(H,65,66)(H,69,70)(H3,46,50,53,54,68);/q;+3/t34-;/m0./s1/i;1-2. The van der Waals surface area contributed by atoms with Gasteiger partial charge < -0.3 is 61.6 Å². The molecule has 1 aliphatic heterocycles. The molecule has 3 heterocycles. The van der Waals surface area contributed by atoms with Crippen molar-refractivity contribution in [3.63, 3.8) is 0 Å². The zero-order valence-corrected chi connectivity index (χ0v) is 43.6. The number of hydrogen-bond acceptors (Lipinski definition) is 20. The number of H-pyrrole nitrogens is 1. The molecular formula is C45H67GaN13O15+3. The van der Waals surface area contributed by atoms with E-state index in [0.29, 0.717) is 103 Å². The summed E-state index contributed by atoms with van der Waals surface area (Å²) in [6.07, 6.45) is 2.23. The number of carbonyl (C=O) groups excluding carboxylic acids is 3. The topological polar surface area (TPSA) is 387 Å². The van der Waals surface area contributed by atoms with Gasteiger partial charge in [-0.25, -0.2) is 14.8 Å². The third-order valence-electron chi connectivity index (χ3n) is 11.1. The second-order valence-electron chi connectivity index (χ2n) is 16.8. The van der Waals surface area contributed by atoms with Crippen molar-refractivity contribution in [3.05, 3.63) is 52.1 Å². The van der Waals surface area contributed by atoms with Gasteiger partial charge in [0, 0.05) is 96.3 Å². The Morgan fingerprint density at radius 3 is 1.62 bits per heavy atom. The fraction of sp³-hybridized carbons (Fsp3) is 0.578. The minimum absolute atomic E-state index is 0. The molecule has 3 aromatic rings. The van der Waals surface area contributed by atoms with Gasteiger partial charge in [-0.3, -0.25) is 58.1 Å². The molecule has 3 amide bonds. The Hall–Kier alpha value is -6.31. The van der Waals surface area contributed by atoms with Gasteiger partial charge in [-0.15, -0.1) is 0 Å². The smallest absolute Gasteiger partial charge is 0.480 e. The largest absolute Gasteiger partial charge is 3.00 e. The zero-order chi connectivity index (χ0) is 53.0. The van der Waals surface area contributed by atoms with Gasteiger partial charge in [-0.2, -0.15) is 4.98 Å². The molecule has 29 heteroatoms. The molecule has 0 radical (unpaired) electrons. The number of rotatable bonds is 31. The fourth-order valence-electron chi connectivity index (χ4n) is 7.24. The van der Waals surface area contributed by atoms with Gasteiger partial charge in [-0.05, 0) is 43.5 Å². The van der Waals surface area contributed by atoms with Gasteiger partial charge >= 0.3 is 43.7 Å². The monoisotopic (exact) mass is 1100 g/mol. The number of ether oxygens (including phenoxy) is 3. The summed E-state index contributed by atoms with van der Waals surface area (Å²) in [5.41, 5.74) is 6.45. The van der Waals surface area contributed by atoms with Crippen LogP contribution >= 0.6 is 0 Å². The second kappa shape index (κ2) is 34.2. The summed E-state index contributed by atoms with van der Waals surface area (Å²) in [5, 5.41) is 49.0. The van der Waals surface area contributed by atoms with Gasteiger partial charge in [0.2, 0.25) is 17.8 Å². The first-order valence-corrected chi connectivity index (χ1v) is 23.7. The van der Waals surface area contributed by atoms with Gasteiger partial charge in [0.05, 0.1) is 71.0 Å². The molecule has 0 unspecified atom stereocenters. The first-order chi connectivity index (χ1) is 35.0. The summed E-state index contributed by atoms with van der Waals surface area (Å²) >= 11 is 0. The van der Waals surface area contributed by atoms with Crippen molar-refractivity contribution in [2.24, 2.45) is 0 Å². The Labute approximate surface area is 439 Å². The van der Waals surface area contributed by atoms with Crippen molar-refractivity contribution in [3.8, 4) is 0 Å². The van der Waals surface area contributed by atoms with Crippen molar-refractivity contribution >= 4 is 84.2 Å². The number of aliphatic carboxylic acids is 4. The van der Waals surface area contributed by atoms with Crippen LogP contribution in [0.5, 0.6) is 0 Å². The molecule has 1 atom stereocenters. The summed E-state index contributed by atoms with van der Waals surface area (Å²) in [6.45, 7) is 4.54. The van der Waals surface area contributed by atoms with Crippen LogP contribution in [0.4, 0.5) is 11.6 Å². The molecule has 1 saturated heterocycles. The molecule has 1 aromatic carbocycles. The fourth-order valence-corrected chi connectivity index (χ4v) is 7.24. The van der Waals surface area contributed by atoms with Crippen molar-refractivity contribution in [1.29, 1.82) is 0 Å². The van der Waals surface area contributed by atoms with Crippen molar-refractivity contribution in [2.75, 3.05) is 142 Å². The number of nitrogens with one attached hydrogen (secondary N) is 5. The number of benzene rings is 1. The number of nitrogen functional groups attached to an aromatic ring is 1. The van der Waals surface area contributed by atoms with Gasteiger partial charge in [-0.1, -0.05) is 0 Å². The minimum Gasteiger partial charge on any atom is -0.480 e. The Bertz CT molecular complexity index is 2300. The Morgan fingerprint density at radius 1 is 0.662 bits per heavy atom. The number of nitrogens with zero attached hydrogens (tertiary/aromatic N) is 7. The maximum Gasteiger partial charge on any atom is 3.00 e. The van der Waals surface area contributed by atoms with Gasteiger partial charge in [0.1, 0.15) is 6.04 Å². The van der Waals surface area contributed by atoms with Crippen LogP contribution in [0.3, 0.4) is 0 Å². The van der Waals surface area contributed by atoms with E-state index in [-0.39, 0.29) is 126 Å². The van der Waals surface area contributed by atoms with E-state index in [1.54, 1.807) is 26.8 Å². The van der Waals surface area contributed by atoms with E-state index >= 15 is 0 Å². The molecule has 11 N–H and O–H groups in total. The third kappa shape index (κ3) is 25.1. The van der Waals surface area contributed by atoms with E-state index in [2.05, 4.69) is 41.2 Å². The van der Waals surface area contributed by atoms with Crippen molar-refractivity contribution in [1.82, 2.24) is 55.5 Å². The maximum absolute atomic E-state index is 12.8. The van der Waals surface area contributed by atoms with E-state index in [1.165, 1.54) is 18.3 Å². The van der Waals surface area contributed by atoms with E-state index in [0.717, 1.165) is 0 Å². The molecule has 0 spiro atoms. The summed E-state index contributed by atoms with van der Waals surface area (Å²) < 4.78 is 16.6. The number of aromatic amines is 1. The molecule has 1 aliphatic rings. The molecule has 0 saturated carbocycles. The van der Waals surface area contributed by atoms with Crippen molar-refractivity contribution < 1.29 is 68.2 Å². The molecule has 28 nitrogen and oxygen atoms in total. The van der Waals surface area contributed by atoms with Crippen LogP contribution in [-0.2, 0) is 49.5 Å². The minimum atomic E-state index is -1.30. The molecule has 402 valence electrons. The van der Waals surface area contributed by atoms with Crippen LogP contribution in [0.2, 0.25) is 0 Å². The predicted octanol–water partition coefficient (Wildman–Crippen LogP) is -2.97. The number of carboxylic acid groups (broad SMARTS) is 4. The number of carbonyl (C=O) groups is 7. The SMILES string of the molecule is Nc1nc2ncc(CNc3ccc(C(=O)N[C@@H](CCC(=O)NCCCOCCOCCOCCCNC(=O)CN4CCN(CC(=O)O)CCN(CC(=O)O)CCN(CC(=O)O)CC4)C(=O)O)cc3)nc2c(=O)[nH]1.[68Ga+3]. The van der Waals surface area contributed by atoms with E-state index in [1.807, 2.05) is 4.90 Å². The average Bonchev–Trinajstić information content (AvgIpc) is 3.33. The van der Waals surface area contributed by atoms with E-state index in [9.17, 15) is 58.8 Å². The average molecular weight is 1100 g/mol. The second-order valence-corrected chi connectivity index (χ2v) is 16.8. The molecule has 74 heavy (non-hydrogen) atoms. The van der Waals surface area contributed by atoms with Crippen LogP contribution in [0.15, 0.2) is 35.3 Å². The molecule has 4 rings (SSSR count). The normalized spacial score (nSPS) is 14.6. The van der Waals surface area contributed by atoms with Crippen LogP contribution in [0.1, 0.15) is 41.7 Å². The molecule has 0 aliphatic carbocycles. The summed E-state index contributed by atoms with van der Waals surface area (Å²) in [7, 11) is 0. The molecule has 0 bridgehead atoms. The quantitative estimate of drug-likeness (QED) is 0.0227. The Balaban J connectivity index is 0.0000144. The summed E-state index contributed by atoms with van der Waals surface area (Å²) in [5.74, 6) is -5.70. The molecular weight excluding hydrogens is 1030 g/mol. The zero-order valence-electron chi connectivity index (χ0n) is 41.2. The predicted molar refractivity (Wildman–Crippen MR) is 266 cm³/mol. The van der Waals surface area contributed by atoms with E-state index in [4.69, 9.17) is 19.9 Å². The number of carboxylic acids is 4. The summed E-state index contributed by atoms with van der Waals surface area (Å²) in [6, 6.07) is 4.95. The Kier molecular flexibility index (Phi) is 28.7. The van der Waals surface area contributed by atoms with Crippen LogP contribution in [0, 0.1) is 0 Å². The third-order valence-corrected chi connectivity index (χ3v) is 11.1. The number of fused-ring (bicyclic) bond motifs is 1. The summed E-state index contributed by atoms with van der Waals surface area (Å²) in [4.78, 5) is 118. The van der Waals surface area contributed by atoms with Gasteiger partial charge in [0.15, 0.2) is 11.2 Å². The number of hydrogen-bond donors (Lipinski definition) is 10. The molecule has 2 aromatic heterocycles. The first kappa shape index (κ1) is 62.0. The molecule has 1 fully saturated rings. The first-order valence-electron chi connectivity index (χ1n) is 23.7. The van der Waals surface area contributed by atoms with E-state index < -0.39 is 41.4 Å². The van der Waals surface area contributed by atoms with Gasteiger partial charge in [0.25, 0.3) is 11.5 Å². The van der Waals surface area contributed by atoms with Crippen LogP contribution in [0.25, 0.3) is 11.2 Å². The number of anilines is 2. The Morgan fingerprint density at radius 2 is 1.14 bits per heavy atom. The number of aromatic nitrogens is 4.